The lowest BCUT2D eigenvalue weighted by Crippen LogP contribution is -2.13. The summed E-state index contributed by atoms with van der Waals surface area (Å²) >= 11 is 4.68. The summed E-state index contributed by atoms with van der Waals surface area (Å²) in [7, 11) is -3.55. The van der Waals surface area contributed by atoms with Crippen molar-refractivity contribution in [2.24, 2.45) is 0 Å². The van der Waals surface area contributed by atoms with Crippen LogP contribution in [0.15, 0.2) is 33.2 Å². The van der Waals surface area contributed by atoms with Crippen LogP contribution in [0.1, 0.15) is 10.4 Å². The van der Waals surface area contributed by atoms with Crippen molar-refractivity contribution in [3.63, 3.8) is 0 Å². The van der Waals surface area contributed by atoms with Gasteiger partial charge in [-0.25, -0.2) is 8.42 Å². The Bertz CT molecular complexity index is 680. The van der Waals surface area contributed by atoms with Gasteiger partial charge in [0.1, 0.15) is 4.90 Å². The molecule has 4 nitrogen and oxygen atoms in total. The van der Waals surface area contributed by atoms with E-state index in [9.17, 15) is 8.42 Å². The number of hydrogen-bond donors (Lipinski definition) is 1. The topological polar surface area (TPSA) is 59.1 Å². The van der Waals surface area contributed by atoms with Gasteiger partial charge in [-0.05, 0) is 47.5 Å². The third-order valence-electron chi connectivity index (χ3n) is 2.26. The van der Waals surface area contributed by atoms with Crippen LogP contribution in [0.5, 0.6) is 0 Å². The first kappa shape index (κ1) is 13.5. The number of anilines is 1. The second-order valence-corrected chi connectivity index (χ2v) is 8.11. The molecule has 96 valence electrons. The average molecular weight is 347 g/mol. The number of rotatable bonds is 3. The Morgan fingerprint density at radius 3 is 2.56 bits per heavy atom. The van der Waals surface area contributed by atoms with Gasteiger partial charge in [0.05, 0.1) is 15.7 Å². The fraction of sp³-hybridized carbons (Fsp3) is 0.182. The minimum Gasteiger partial charge on any atom is -0.278 e. The fourth-order valence-electron chi connectivity index (χ4n) is 1.52. The van der Waals surface area contributed by atoms with Gasteiger partial charge in [0, 0.05) is 11.1 Å². The monoisotopic (exact) mass is 346 g/mol. The highest BCUT2D eigenvalue weighted by Crippen LogP contribution is 2.30. The minimum atomic E-state index is -3.55. The van der Waals surface area contributed by atoms with E-state index < -0.39 is 10.0 Å². The van der Waals surface area contributed by atoms with Gasteiger partial charge in [-0.3, -0.25) is 9.71 Å². The van der Waals surface area contributed by atoms with Crippen molar-refractivity contribution in [3.8, 4) is 0 Å². The Labute approximate surface area is 118 Å². The quantitative estimate of drug-likeness (QED) is 0.927. The van der Waals surface area contributed by atoms with Crippen LogP contribution in [0.2, 0.25) is 0 Å². The minimum absolute atomic E-state index is 0.292. The number of hydrogen-bond acceptors (Lipinski definition) is 4. The van der Waals surface area contributed by atoms with Crippen LogP contribution in [0.3, 0.4) is 0 Å². The number of nitrogens with zero attached hydrogens (tertiary/aromatic N) is 1. The number of sulfonamides is 1. The van der Waals surface area contributed by atoms with Crippen molar-refractivity contribution < 1.29 is 8.42 Å². The van der Waals surface area contributed by atoms with E-state index >= 15 is 0 Å². The molecule has 0 aliphatic rings. The molecule has 2 aromatic heterocycles. The summed E-state index contributed by atoms with van der Waals surface area (Å²) in [6, 6.07) is 3.34. The van der Waals surface area contributed by atoms with Gasteiger partial charge in [0.25, 0.3) is 10.0 Å². The van der Waals surface area contributed by atoms with Crippen molar-refractivity contribution in [2.75, 3.05) is 4.72 Å². The molecule has 0 aliphatic heterocycles. The molecule has 0 fully saturated rings. The van der Waals surface area contributed by atoms with Crippen molar-refractivity contribution in [1.82, 2.24) is 4.98 Å². The highest BCUT2D eigenvalue weighted by Gasteiger charge is 2.19. The smallest absolute Gasteiger partial charge is 0.263 e. The van der Waals surface area contributed by atoms with E-state index in [1.807, 2.05) is 6.92 Å². The molecule has 0 radical (unpaired) electrons. The highest BCUT2D eigenvalue weighted by atomic mass is 79.9. The van der Waals surface area contributed by atoms with Gasteiger partial charge in [-0.15, -0.1) is 11.3 Å². The molecular weight excluding hydrogens is 336 g/mol. The van der Waals surface area contributed by atoms with Crippen LogP contribution >= 0.6 is 27.3 Å². The maximum absolute atomic E-state index is 12.2. The van der Waals surface area contributed by atoms with Crippen LogP contribution in [-0.2, 0) is 10.0 Å². The number of thiophene rings is 1. The van der Waals surface area contributed by atoms with Gasteiger partial charge in [-0.2, -0.15) is 0 Å². The molecule has 0 atom stereocenters. The largest absolute Gasteiger partial charge is 0.278 e. The van der Waals surface area contributed by atoms with E-state index in [2.05, 4.69) is 25.6 Å². The van der Waals surface area contributed by atoms with Crippen LogP contribution in [0.25, 0.3) is 0 Å². The lowest BCUT2D eigenvalue weighted by Gasteiger charge is -2.07. The van der Waals surface area contributed by atoms with Gasteiger partial charge in [0.15, 0.2) is 0 Å². The fourth-order valence-corrected chi connectivity index (χ4v) is 4.97. The lowest BCUT2D eigenvalue weighted by molar-refractivity contribution is 0.601. The molecule has 2 rings (SSSR count). The summed E-state index contributed by atoms with van der Waals surface area (Å²) in [6.07, 6.45) is 3.16. The zero-order valence-corrected chi connectivity index (χ0v) is 13.0. The molecule has 0 amide bonds. The van der Waals surface area contributed by atoms with E-state index in [1.165, 1.54) is 17.5 Å². The van der Waals surface area contributed by atoms with Crippen molar-refractivity contribution in [1.29, 1.82) is 0 Å². The van der Waals surface area contributed by atoms with Gasteiger partial charge >= 0.3 is 0 Å². The molecule has 2 heterocycles. The Kier molecular flexibility index (Phi) is 3.74. The SMILES string of the molecule is Cc1cncc(NS(=O)(=O)c2cc(Br)sc2C)c1. The molecule has 0 spiro atoms. The van der Waals surface area contributed by atoms with E-state index in [0.29, 0.717) is 10.6 Å². The first-order valence-electron chi connectivity index (χ1n) is 5.09. The third-order valence-corrected chi connectivity index (χ3v) is 5.45. The number of aryl methyl sites for hydroxylation is 2. The molecular formula is C11H11BrN2O2S2. The predicted molar refractivity (Wildman–Crippen MR) is 76.5 cm³/mol. The summed E-state index contributed by atoms with van der Waals surface area (Å²) < 4.78 is 27.7. The normalized spacial score (nSPS) is 11.5. The van der Waals surface area contributed by atoms with E-state index in [4.69, 9.17) is 0 Å². The Morgan fingerprint density at radius 1 is 1.28 bits per heavy atom. The molecule has 0 saturated heterocycles. The summed E-state index contributed by atoms with van der Waals surface area (Å²) in [4.78, 5) is 4.99. The summed E-state index contributed by atoms with van der Waals surface area (Å²) in [6.45, 7) is 3.63. The molecule has 7 heteroatoms. The Morgan fingerprint density at radius 2 is 2.00 bits per heavy atom. The van der Waals surface area contributed by atoms with Crippen molar-refractivity contribution in [2.45, 2.75) is 18.7 Å². The zero-order chi connectivity index (χ0) is 13.3. The van der Waals surface area contributed by atoms with Gasteiger partial charge in [-0.1, -0.05) is 0 Å². The second kappa shape index (κ2) is 4.99. The molecule has 0 bridgehead atoms. The first-order valence-corrected chi connectivity index (χ1v) is 8.18. The number of pyridine rings is 1. The van der Waals surface area contributed by atoms with Gasteiger partial charge in [0.2, 0.25) is 0 Å². The van der Waals surface area contributed by atoms with E-state index in [0.717, 1.165) is 14.2 Å². The third kappa shape index (κ3) is 2.90. The maximum Gasteiger partial charge on any atom is 0.263 e. The zero-order valence-electron chi connectivity index (χ0n) is 9.77. The molecule has 0 aromatic carbocycles. The average Bonchev–Trinajstić information content (AvgIpc) is 2.58. The standard InChI is InChI=1S/C11H11BrN2O2S2/c1-7-3-9(6-13-5-7)14-18(15,16)10-4-11(12)17-8(10)2/h3-6,14H,1-2H3. The van der Waals surface area contributed by atoms with Crippen LogP contribution in [-0.4, -0.2) is 13.4 Å². The van der Waals surface area contributed by atoms with E-state index in [-0.39, 0.29) is 0 Å². The predicted octanol–water partition coefficient (Wildman–Crippen LogP) is 3.32. The van der Waals surface area contributed by atoms with Crippen molar-refractivity contribution >= 4 is 43.0 Å². The second-order valence-electron chi connectivity index (χ2n) is 3.83. The molecule has 2 aromatic rings. The molecule has 0 saturated carbocycles. The Hall–Kier alpha value is -0.920. The molecule has 0 unspecified atom stereocenters. The van der Waals surface area contributed by atoms with Crippen LogP contribution in [0.4, 0.5) is 5.69 Å². The van der Waals surface area contributed by atoms with Crippen molar-refractivity contribution in [3.05, 3.63) is 38.8 Å². The summed E-state index contributed by atoms with van der Waals surface area (Å²) in [5.74, 6) is 0. The molecule has 0 aliphatic carbocycles. The molecule has 1 N–H and O–H groups in total. The molecule has 18 heavy (non-hydrogen) atoms. The summed E-state index contributed by atoms with van der Waals surface area (Å²) in [5, 5.41) is 0. The Balaban J connectivity index is 2.36. The van der Waals surface area contributed by atoms with Gasteiger partial charge < -0.3 is 0 Å². The van der Waals surface area contributed by atoms with E-state index in [1.54, 1.807) is 25.3 Å². The number of aromatic nitrogens is 1. The maximum atomic E-state index is 12.2. The van der Waals surface area contributed by atoms with Crippen LogP contribution in [0, 0.1) is 13.8 Å². The van der Waals surface area contributed by atoms with Crippen LogP contribution < -0.4 is 4.72 Å². The number of halogens is 1. The highest BCUT2D eigenvalue weighted by molar-refractivity contribution is 9.11. The number of nitrogens with one attached hydrogen (secondary N) is 1. The first-order chi connectivity index (χ1) is 8.38. The summed E-state index contributed by atoms with van der Waals surface area (Å²) in [5.41, 5.74) is 1.37. The lowest BCUT2D eigenvalue weighted by atomic mass is 10.3.